The monoisotopic (exact) mass is 288 g/mol. The van der Waals surface area contributed by atoms with Gasteiger partial charge in [0.1, 0.15) is 6.33 Å². The van der Waals surface area contributed by atoms with E-state index in [1.807, 2.05) is 24.3 Å². The van der Waals surface area contributed by atoms with Gasteiger partial charge in [0.05, 0.1) is 0 Å². The quantitative estimate of drug-likeness (QED) is 0.578. The van der Waals surface area contributed by atoms with Crippen molar-refractivity contribution < 1.29 is 0 Å². The zero-order valence-corrected chi connectivity index (χ0v) is 11.7. The highest BCUT2D eigenvalue weighted by Gasteiger charge is 2.07. The van der Waals surface area contributed by atoms with Crippen LogP contribution in [-0.4, -0.2) is 29.8 Å². The predicted octanol–water partition coefficient (Wildman–Crippen LogP) is 2.17. The lowest BCUT2D eigenvalue weighted by Crippen LogP contribution is -1.97. The minimum atomic E-state index is 0.728. The third-order valence-electron chi connectivity index (χ3n) is 3.43. The van der Waals surface area contributed by atoms with E-state index in [1.165, 1.54) is 5.56 Å². The van der Waals surface area contributed by atoms with Crippen LogP contribution in [0.2, 0.25) is 0 Å². The molecule has 0 spiro atoms. The van der Waals surface area contributed by atoms with Crippen LogP contribution in [0, 0.1) is 0 Å². The molecule has 0 saturated carbocycles. The lowest BCUT2D eigenvalue weighted by Gasteiger charge is -2.05. The van der Waals surface area contributed by atoms with E-state index in [1.54, 1.807) is 29.4 Å². The topological polar surface area (TPSA) is 68.9 Å². The van der Waals surface area contributed by atoms with Gasteiger partial charge in [-0.1, -0.05) is 18.2 Å². The molecule has 0 N–H and O–H groups in total. The van der Waals surface area contributed by atoms with E-state index >= 15 is 0 Å². The molecule has 0 aliphatic carbocycles. The Balaban J connectivity index is 1.71. The minimum Gasteiger partial charge on any atom is -0.237 e. The number of hydrogen-bond acceptors (Lipinski definition) is 5. The lowest BCUT2D eigenvalue weighted by molar-refractivity contribution is 0.913. The average molecular weight is 288 g/mol. The molecule has 0 amide bonds. The molecule has 0 unspecified atom stereocenters. The van der Waals surface area contributed by atoms with Crippen LogP contribution in [0.3, 0.4) is 0 Å². The second-order valence-corrected chi connectivity index (χ2v) is 4.91. The summed E-state index contributed by atoms with van der Waals surface area (Å²) in [4.78, 5) is 8.58. The molecule has 3 aromatic heterocycles. The van der Waals surface area contributed by atoms with Gasteiger partial charge in [0.25, 0.3) is 0 Å². The maximum Gasteiger partial charge on any atom is 0.181 e. The molecule has 6 nitrogen and oxygen atoms in total. The minimum absolute atomic E-state index is 0.728. The summed E-state index contributed by atoms with van der Waals surface area (Å²) in [6.45, 7) is 0. The molecule has 4 aromatic rings. The van der Waals surface area contributed by atoms with Gasteiger partial charge in [0.2, 0.25) is 0 Å². The van der Waals surface area contributed by atoms with Crippen LogP contribution in [0.1, 0.15) is 11.1 Å². The summed E-state index contributed by atoms with van der Waals surface area (Å²) >= 11 is 0. The van der Waals surface area contributed by atoms with Crippen molar-refractivity contribution in [2.24, 2.45) is 0 Å². The summed E-state index contributed by atoms with van der Waals surface area (Å²) in [5, 5.41) is 12.2. The van der Waals surface area contributed by atoms with E-state index in [9.17, 15) is 0 Å². The Bertz CT molecular complexity index is 916. The van der Waals surface area contributed by atoms with Crippen molar-refractivity contribution in [2.45, 2.75) is 6.42 Å². The third kappa shape index (κ3) is 2.31. The number of rotatable bonds is 3. The zero-order chi connectivity index (χ0) is 14.8. The fourth-order valence-corrected chi connectivity index (χ4v) is 2.42. The summed E-state index contributed by atoms with van der Waals surface area (Å²) in [5.41, 5.74) is 4.04. The standard InChI is InChI=1S/C16H12N6/c1-3-12(9-13(4-1)15-17-6-2-7-18-15)10-14-5-8-20-22-11-19-21-16(14)22/h1-9,11H,10H2. The highest BCUT2D eigenvalue weighted by Crippen LogP contribution is 2.19. The number of nitrogens with zero attached hydrogens (tertiary/aromatic N) is 6. The summed E-state index contributed by atoms with van der Waals surface area (Å²) in [5.74, 6) is 0.728. The highest BCUT2D eigenvalue weighted by atomic mass is 15.3. The molecule has 0 aliphatic rings. The van der Waals surface area contributed by atoms with Gasteiger partial charge in [-0.3, -0.25) is 0 Å². The first-order valence-corrected chi connectivity index (χ1v) is 6.90. The SMILES string of the molecule is c1cnc(-c2cccc(Cc3ccnn4cnnc34)c2)nc1. The zero-order valence-electron chi connectivity index (χ0n) is 11.7. The molecule has 0 atom stereocenters. The molecule has 1 aromatic carbocycles. The number of hydrogen-bond donors (Lipinski definition) is 0. The van der Waals surface area contributed by atoms with Gasteiger partial charge in [-0.15, -0.1) is 10.2 Å². The molecule has 22 heavy (non-hydrogen) atoms. The second-order valence-electron chi connectivity index (χ2n) is 4.91. The van der Waals surface area contributed by atoms with E-state index in [0.29, 0.717) is 0 Å². The van der Waals surface area contributed by atoms with Crippen LogP contribution in [-0.2, 0) is 6.42 Å². The van der Waals surface area contributed by atoms with Crippen molar-refractivity contribution in [1.29, 1.82) is 0 Å². The number of aromatic nitrogens is 6. The fourth-order valence-electron chi connectivity index (χ4n) is 2.42. The van der Waals surface area contributed by atoms with E-state index in [0.717, 1.165) is 29.0 Å². The Morgan fingerprint density at radius 1 is 0.955 bits per heavy atom. The molecule has 0 saturated heterocycles. The summed E-state index contributed by atoms with van der Waals surface area (Å²) in [7, 11) is 0. The predicted molar refractivity (Wildman–Crippen MR) is 81.1 cm³/mol. The Labute approximate surface area is 126 Å². The van der Waals surface area contributed by atoms with Crippen molar-refractivity contribution in [2.75, 3.05) is 0 Å². The smallest absolute Gasteiger partial charge is 0.181 e. The molecule has 4 rings (SSSR count). The van der Waals surface area contributed by atoms with Crippen molar-refractivity contribution in [1.82, 2.24) is 29.8 Å². The summed E-state index contributed by atoms with van der Waals surface area (Å²) < 4.78 is 1.68. The van der Waals surface area contributed by atoms with Crippen LogP contribution in [0.4, 0.5) is 0 Å². The highest BCUT2D eigenvalue weighted by molar-refractivity contribution is 5.57. The van der Waals surface area contributed by atoms with Crippen LogP contribution < -0.4 is 0 Å². The van der Waals surface area contributed by atoms with Gasteiger partial charge in [-0.2, -0.15) is 5.10 Å². The molecule has 0 fully saturated rings. The first-order chi connectivity index (χ1) is 10.9. The van der Waals surface area contributed by atoms with Gasteiger partial charge in [0.15, 0.2) is 11.5 Å². The summed E-state index contributed by atoms with van der Waals surface area (Å²) in [6, 6.07) is 12.0. The van der Waals surface area contributed by atoms with Crippen molar-refractivity contribution in [3.63, 3.8) is 0 Å². The van der Waals surface area contributed by atoms with Gasteiger partial charge in [-0.25, -0.2) is 14.5 Å². The maximum absolute atomic E-state index is 4.29. The van der Waals surface area contributed by atoms with Gasteiger partial charge >= 0.3 is 0 Å². The third-order valence-corrected chi connectivity index (χ3v) is 3.43. The number of benzene rings is 1. The molecular weight excluding hydrogens is 276 g/mol. The summed E-state index contributed by atoms with van der Waals surface area (Å²) in [6.07, 6.45) is 7.61. The second kappa shape index (κ2) is 5.33. The lowest BCUT2D eigenvalue weighted by atomic mass is 10.0. The first-order valence-electron chi connectivity index (χ1n) is 6.90. The maximum atomic E-state index is 4.29. The molecule has 106 valence electrons. The van der Waals surface area contributed by atoms with Crippen molar-refractivity contribution in [3.05, 3.63) is 72.4 Å². The Morgan fingerprint density at radius 2 is 1.86 bits per heavy atom. The van der Waals surface area contributed by atoms with Crippen LogP contribution in [0.5, 0.6) is 0 Å². The largest absolute Gasteiger partial charge is 0.237 e. The van der Waals surface area contributed by atoms with Gasteiger partial charge in [-0.05, 0) is 23.8 Å². The first kappa shape index (κ1) is 12.6. The van der Waals surface area contributed by atoms with E-state index in [2.05, 4.69) is 37.4 Å². The van der Waals surface area contributed by atoms with Crippen LogP contribution in [0.25, 0.3) is 17.0 Å². The molecule has 6 heteroatoms. The molecule has 0 bridgehead atoms. The fraction of sp³-hybridized carbons (Fsp3) is 0.0625. The Morgan fingerprint density at radius 3 is 2.77 bits per heavy atom. The normalized spacial score (nSPS) is 10.9. The van der Waals surface area contributed by atoms with Crippen molar-refractivity contribution in [3.8, 4) is 11.4 Å². The van der Waals surface area contributed by atoms with Gasteiger partial charge < -0.3 is 0 Å². The molecule has 3 heterocycles. The van der Waals surface area contributed by atoms with Crippen LogP contribution >= 0.6 is 0 Å². The Hall–Kier alpha value is -3.15. The molecule has 0 radical (unpaired) electrons. The van der Waals surface area contributed by atoms with Crippen molar-refractivity contribution >= 4 is 5.65 Å². The van der Waals surface area contributed by atoms with E-state index in [-0.39, 0.29) is 0 Å². The van der Waals surface area contributed by atoms with E-state index in [4.69, 9.17) is 0 Å². The Kier molecular flexibility index (Phi) is 3.05. The number of fused-ring (bicyclic) bond motifs is 1. The van der Waals surface area contributed by atoms with Gasteiger partial charge in [0, 0.05) is 36.1 Å². The van der Waals surface area contributed by atoms with Crippen LogP contribution in [0.15, 0.2) is 61.3 Å². The van der Waals surface area contributed by atoms with E-state index < -0.39 is 0 Å². The molecular formula is C16H12N6. The molecule has 0 aliphatic heterocycles. The average Bonchev–Trinajstić information content (AvgIpc) is 3.06.